The van der Waals surface area contributed by atoms with Crippen molar-refractivity contribution in [3.05, 3.63) is 0 Å². The van der Waals surface area contributed by atoms with Gasteiger partial charge in [-0.15, -0.1) is 0 Å². The van der Waals surface area contributed by atoms with Crippen molar-refractivity contribution >= 4 is 0 Å². The maximum absolute atomic E-state index is 2.64. The van der Waals surface area contributed by atoms with E-state index in [4.69, 9.17) is 0 Å². The molecule has 0 aromatic heterocycles. The van der Waals surface area contributed by atoms with Gasteiger partial charge in [0, 0.05) is 18.1 Å². The number of hydrogen-bond donors (Lipinski definition) is 0. The van der Waals surface area contributed by atoms with Gasteiger partial charge < -0.3 is 0 Å². The fourth-order valence-corrected chi connectivity index (χ4v) is 2.24. The Morgan fingerprint density at radius 3 is 1.85 bits per heavy atom. The van der Waals surface area contributed by atoms with E-state index < -0.39 is 0 Å². The molecule has 1 rings (SSSR count). The van der Waals surface area contributed by atoms with Gasteiger partial charge in [-0.2, -0.15) is 0 Å². The van der Waals surface area contributed by atoms with Gasteiger partial charge in [-0.1, -0.05) is 20.8 Å². The molecule has 0 aliphatic carbocycles. The summed E-state index contributed by atoms with van der Waals surface area (Å²) in [5.74, 6) is 0. The standard InChI is InChI=1S/C12H25N/c1-11(2,3)9-10-7-8-13(10)12(4,5)6/h10H,7-9H2,1-6H3. The van der Waals surface area contributed by atoms with Crippen molar-refractivity contribution in [1.82, 2.24) is 4.90 Å². The van der Waals surface area contributed by atoms with E-state index in [9.17, 15) is 0 Å². The first-order valence-corrected chi connectivity index (χ1v) is 5.47. The van der Waals surface area contributed by atoms with Crippen LogP contribution in [0.3, 0.4) is 0 Å². The minimum atomic E-state index is 0.369. The molecular formula is C12H25N. The molecule has 0 saturated carbocycles. The van der Waals surface area contributed by atoms with Crippen LogP contribution in [0.5, 0.6) is 0 Å². The molecule has 0 aromatic carbocycles. The van der Waals surface area contributed by atoms with Gasteiger partial charge in [0.05, 0.1) is 0 Å². The van der Waals surface area contributed by atoms with E-state index in [1.165, 1.54) is 19.4 Å². The van der Waals surface area contributed by atoms with Crippen molar-refractivity contribution in [2.75, 3.05) is 6.54 Å². The molecule has 1 heteroatoms. The maximum atomic E-state index is 2.64. The van der Waals surface area contributed by atoms with Crippen LogP contribution in [0.25, 0.3) is 0 Å². The summed E-state index contributed by atoms with van der Waals surface area (Å²) < 4.78 is 0. The van der Waals surface area contributed by atoms with Crippen LogP contribution in [-0.4, -0.2) is 23.0 Å². The minimum absolute atomic E-state index is 0.369. The van der Waals surface area contributed by atoms with Gasteiger partial charge in [-0.25, -0.2) is 0 Å². The highest BCUT2D eigenvalue weighted by Crippen LogP contribution is 2.34. The topological polar surface area (TPSA) is 3.24 Å². The molecule has 1 aliphatic heterocycles. The first-order valence-electron chi connectivity index (χ1n) is 5.47. The lowest BCUT2D eigenvalue weighted by atomic mass is 9.81. The van der Waals surface area contributed by atoms with Crippen LogP contribution in [0, 0.1) is 5.41 Å². The summed E-state index contributed by atoms with van der Waals surface area (Å²) in [5, 5.41) is 0. The van der Waals surface area contributed by atoms with Gasteiger partial charge in [0.2, 0.25) is 0 Å². The fraction of sp³-hybridized carbons (Fsp3) is 1.00. The highest BCUT2D eigenvalue weighted by Gasteiger charge is 2.37. The zero-order valence-corrected chi connectivity index (χ0v) is 10.1. The lowest BCUT2D eigenvalue weighted by Gasteiger charge is -2.51. The van der Waals surface area contributed by atoms with Crippen molar-refractivity contribution < 1.29 is 0 Å². The van der Waals surface area contributed by atoms with E-state index in [1.807, 2.05) is 0 Å². The van der Waals surface area contributed by atoms with Gasteiger partial charge in [-0.3, -0.25) is 4.90 Å². The Morgan fingerprint density at radius 2 is 1.62 bits per heavy atom. The molecule has 1 nitrogen and oxygen atoms in total. The number of hydrogen-bond acceptors (Lipinski definition) is 1. The van der Waals surface area contributed by atoms with Crippen LogP contribution in [0.2, 0.25) is 0 Å². The first-order chi connectivity index (χ1) is 5.70. The summed E-state index contributed by atoms with van der Waals surface area (Å²) in [6, 6.07) is 0.833. The van der Waals surface area contributed by atoms with Gasteiger partial charge in [0.25, 0.3) is 0 Å². The van der Waals surface area contributed by atoms with Gasteiger partial charge >= 0.3 is 0 Å². The number of rotatable bonds is 1. The molecule has 0 spiro atoms. The predicted octanol–water partition coefficient (Wildman–Crippen LogP) is 3.30. The average Bonchev–Trinajstić information content (AvgIpc) is 1.73. The Kier molecular flexibility index (Phi) is 2.78. The molecule has 1 saturated heterocycles. The Labute approximate surface area is 83.5 Å². The smallest absolute Gasteiger partial charge is 0.0128 e. The van der Waals surface area contributed by atoms with E-state index in [0.717, 1.165) is 6.04 Å². The summed E-state index contributed by atoms with van der Waals surface area (Å²) in [5.41, 5.74) is 0.850. The summed E-state index contributed by atoms with van der Waals surface area (Å²) in [6.07, 6.45) is 2.73. The van der Waals surface area contributed by atoms with Crippen molar-refractivity contribution in [3.63, 3.8) is 0 Å². The van der Waals surface area contributed by atoms with Crippen molar-refractivity contribution in [3.8, 4) is 0 Å². The Balaban J connectivity index is 2.47. The summed E-state index contributed by atoms with van der Waals surface area (Å²) >= 11 is 0. The second-order valence-corrected chi connectivity index (χ2v) is 6.57. The zero-order chi connectivity index (χ0) is 10.3. The van der Waals surface area contributed by atoms with Crippen molar-refractivity contribution in [2.45, 2.75) is 66.0 Å². The normalized spacial score (nSPS) is 25.8. The predicted molar refractivity (Wildman–Crippen MR) is 58.9 cm³/mol. The van der Waals surface area contributed by atoms with Crippen LogP contribution in [0.4, 0.5) is 0 Å². The molecule has 0 N–H and O–H groups in total. The quantitative estimate of drug-likeness (QED) is 0.603. The molecule has 0 amide bonds. The second kappa shape index (κ2) is 3.27. The lowest BCUT2D eigenvalue weighted by Crippen LogP contribution is -2.57. The number of nitrogens with zero attached hydrogens (tertiary/aromatic N) is 1. The summed E-state index contributed by atoms with van der Waals surface area (Å²) in [7, 11) is 0. The van der Waals surface area contributed by atoms with Crippen LogP contribution >= 0.6 is 0 Å². The average molecular weight is 183 g/mol. The fourth-order valence-electron chi connectivity index (χ4n) is 2.24. The third kappa shape index (κ3) is 2.98. The molecule has 1 unspecified atom stereocenters. The van der Waals surface area contributed by atoms with Gasteiger partial charge in [0.15, 0.2) is 0 Å². The van der Waals surface area contributed by atoms with Crippen molar-refractivity contribution in [1.29, 1.82) is 0 Å². The monoisotopic (exact) mass is 183 g/mol. The summed E-state index contributed by atoms with van der Waals surface area (Å²) in [6.45, 7) is 15.3. The molecule has 0 bridgehead atoms. The van der Waals surface area contributed by atoms with Crippen LogP contribution in [0.15, 0.2) is 0 Å². The molecule has 1 heterocycles. The molecule has 0 radical (unpaired) electrons. The molecule has 1 fully saturated rings. The van der Waals surface area contributed by atoms with Gasteiger partial charge in [-0.05, 0) is 39.0 Å². The Bertz CT molecular complexity index is 171. The lowest BCUT2D eigenvalue weighted by molar-refractivity contribution is -0.0175. The molecule has 1 aliphatic rings. The molecule has 78 valence electrons. The molecule has 1 atom stereocenters. The van der Waals surface area contributed by atoms with Crippen LogP contribution in [0.1, 0.15) is 54.4 Å². The third-order valence-corrected chi connectivity index (χ3v) is 2.85. The highest BCUT2D eigenvalue weighted by atomic mass is 15.3. The van der Waals surface area contributed by atoms with E-state index in [2.05, 4.69) is 46.4 Å². The third-order valence-electron chi connectivity index (χ3n) is 2.85. The summed E-state index contributed by atoms with van der Waals surface area (Å²) in [4.78, 5) is 2.64. The Hall–Kier alpha value is -0.0400. The molecular weight excluding hydrogens is 158 g/mol. The van der Waals surface area contributed by atoms with Crippen molar-refractivity contribution in [2.24, 2.45) is 5.41 Å². The maximum Gasteiger partial charge on any atom is 0.0128 e. The largest absolute Gasteiger partial charge is 0.295 e. The van der Waals surface area contributed by atoms with Crippen LogP contribution < -0.4 is 0 Å². The molecule has 0 aromatic rings. The first kappa shape index (κ1) is 11.0. The van der Waals surface area contributed by atoms with Gasteiger partial charge in [0.1, 0.15) is 0 Å². The number of likely N-dealkylation sites (tertiary alicyclic amines) is 1. The van der Waals surface area contributed by atoms with E-state index >= 15 is 0 Å². The van der Waals surface area contributed by atoms with Crippen LogP contribution in [-0.2, 0) is 0 Å². The second-order valence-electron chi connectivity index (χ2n) is 6.57. The van der Waals surface area contributed by atoms with E-state index in [0.29, 0.717) is 11.0 Å². The molecule has 13 heavy (non-hydrogen) atoms. The highest BCUT2D eigenvalue weighted by molar-refractivity contribution is 4.93. The van der Waals surface area contributed by atoms with E-state index in [-0.39, 0.29) is 0 Å². The van der Waals surface area contributed by atoms with E-state index in [1.54, 1.807) is 0 Å². The SMILES string of the molecule is CC(C)(C)CC1CCN1C(C)(C)C. The zero-order valence-electron chi connectivity index (χ0n) is 10.1. The Morgan fingerprint density at radius 1 is 1.08 bits per heavy atom. The minimum Gasteiger partial charge on any atom is -0.295 e.